The first-order valence-electron chi connectivity index (χ1n) is 8.85. The summed E-state index contributed by atoms with van der Waals surface area (Å²) in [5.41, 5.74) is 1.74. The predicted octanol–water partition coefficient (Wildman–Crippen LogP) is 2.23. The van der Waals surface area contributed by atoms with Crippen molar-refractivity contribution < 1.29 is 18.9 Å². The Balaban J connectivity index is 1.37. The second-order valence-corrected chi connectivity index (χ2v) is 7.53. The van der Waals surface area contributed by atoms with Gasteiger partial charge in [-0.05, 0) is 23.9 Å². The lowest BCUT2D eigenvalue weighted by atomic mass is 9.92. The molecule has 1 aliphatic rings. The largest absolute Gasteiger partial charge is 0.344 e. The van der Waals surface area contributed by atoms with Gasteiger partial charge in [0.15, 0.2) is 0 Å². The van der Waals surface area contributed by atoms with Crippen molar-refractivity contribution in [1.82, 2.24) is 25.9 Å². The van der Waals surface area contributed by atoms with Gasteiger partial charge in [0, 0.05) is 12.8 Å². The molecule has 0 bridgehead atoms. The van der Waals surface area contributed by atoms with E-state index in [4.69, 9.17) is 4.52 Å². The van der Waals surface area contributed by atoms with Gasteiger partial charge in [0.1, 0.15) is 5.54 Å². The van der Waals surface area contributed by atoms with Crippen LogP contribution in [0.4, 0.5) is 4.79 Å². The van der Waals surface area contributed by atoms with E-state index in [1.54, 1.807) is 31.2 Å². The van der Waals surface area contributed by atoms with Crippen LogP contribution in [0.3, 0.4) is 0 Å². The molecule has 29 heavy (non-hydrogen) atoms. The standard InChI is InChI=1S/C19H17N5O4S/c1-19(12-6-3-2-4-7-12)17(26)24(18(27)21-19)22-14(25)9-10-15-20-16(23-28-15)13-8-5-11-29-13/h2-8,11H,9-10H2,1H3,(H,21,27)(H,22,25)/t19-/m1/s1. The molecule has 1 aromatic carbocycles. The number of hydrogen-bond donors (Lipinski definition) is 2. The molecule has 1 atom stereocenters. The summed E-state index contributed by atoms with van der Waals surface area (Å²) in [6.07, 6.45) is 0.162. The third kappa shape index (κ3) is 3.61. The number of urea groups is 1. The van der Waals surface area contributed by atoms with Crippen LogP contribution < -0.4 is 10.7 Å². The summed E-state index contributed by atoms with van der Waals surface area (Å²) < 4.78 is 5.15. The zero-order chi connectivity index (χ0) is 20.4. The Morgan fingerprint density at radius 3 is 2.76 bits per heavy atom. The van der Waals surface area contributed by atoms with Crippen molar-refractivity contribution >= 4 is 29.2 Å². The van der Waals surface area contributed by atoms with Crippen LogP contribution in [0.15, 0.2) is 52.4 Å². The van der Waals surface area contributed by atoms with Gasteiger partial charge in [0.05, 0.1) is 4.88 Å². The number of imide groups is 1. The maximum absolute atomic E-state index is 12.8. The van der Waals surface area contributed by atoms with E-state index in [0.717, 1.165) is 4.88 Å². The molecule has 1 saturated heterocycles. The lowest BCUT2D eigenvalue weighted by Gasteiger charge is -2.22. The fraction of sp³-hybridized carbons (Fsp3) is 0.211. The van der Waals surface area contributed by atoms with E-state index in [0.29, 0.717) is 22.3 Å². The molecule has 2 aromatic heterocycles. The number of nitrogens with one attached hydrogen (secondary N) is 2. The number of thiophene rings is 1. The van der Waals surface area contributed by atoms with Crippen molar-refractivity contribution in [3.63, 3.8) is 0 Å². The average Bonchev–Trinajstić information content (AvgIpc) is 3.45. The molecule has 1 aliphatic heterocycles. The van der Waals surface area contributed by atoms with Crippen molar-refractivity contribution in [1.29, 1.82) is 0 Å². The fourth-order valence-corrected chi connectivity index (χ4v) is 3.62. The number of aryl methyl sites for hydroxylation is 1. The molecular formula is C19H17N5O4S. The minimum absolute atomic E-state index is 0.0226. The van der Waals surface area contributed by atoms with E-state index in [2.05, 4.69) is 20.9 Å². The molecule has 0 spiro atoms. The van der Waals surface area contributed by atoms with Crippen LogP contribution in [0.25, 0.3) is 10.7 Å². The van der Waals surface area contributed by atoms with Crippen LogP contribution >= 0.6 is 11.3 Å². The van der Waals surface area contributed by atoms with Crippen LogP contribution in [0, 0.1) is 0 Å². The van der Waals surface area contributed by atoms with E-state index in [9.17, 15) is 14.4 Å². The molecule has 2 N–H and O–H groups in total. The molecule has 9 nitrogen and oxygen atoms in total. The first-order chi connectivity index (χ1) is 14.0. The molecule has 1 fully saturated rings. The summed E-state index contributed by atoms with van der Waals surface area (Å²) in [6, 6.07) is 11.9. The molecule has 10 heteroatoms. The number of amides is 4. The molecule has 4 amide bonds. The van der Waals surface area contributed by atoms with Crippen LogP contribution in [-0.2, 0) is 21.5 Å². The minimum atomic E-state index is -1.24. The first kappa shape index (κ1) is 18.8. The van der Waals surface area contributed by atoms with Gasteiger partial charge in [-0.25, -0.2) is 4.79 Å². The molecule has 3 heterocycles. The Kier molecular flexibility index (Phi) is 4.85. The van der Waals surface area contributed by atoms with Gasteiger partial charge in [-0.2, -0.15) is 9.99 Å². The number of rotatable bonds is 6. The summed E-state index contributed by atoms with van der Waals surface area (Å²) in [6.45, 7) is 1.60. The summed E-state index contributed by atoms with van der Waals surface area (Å²) >= 11 is 1.48. The van der Waals surface area contributed by atoms with Crippen molar-refractivity contribution in [2.75, 3.05) is 0 Å². The Morgan fingerprint density at radius 2 is 2.03 bits per heavy atom. The van der Waals surface area contributed by atoms with Crippen molar-refractivity contribution in [2.45, 2.75) is 25.3 Å². The second-order valence-electron chi connectivity index (χ2n) is 6.59. The summed E-state index contributed by atoms with van der Waals surface area (Å²) in [4.78, 5) is 42.4. The van der Waals surface area contributed by atoms with Crippen LogP contribution in [-0.4, -0.2) is 33.0 Å². The zero-order valence-corrected chi connectivity index (χ0v) is 16.2. The molecule has 0 aliphatic carbocycles. The van der Waals surface area contributed by atoms with E-state index in [1.165, 1.54) is 11.3 Å². The van der Waals surface area contributed by atoms with Gasteiger partial charge in [-0.3, -0.25) is 15.0 Å². The number of carbonyl (C=O) groups excluding carboxylic acids is 3. The number of hydrazine groups is 1. The van der Waals surface area contributed by atoms with Gasteiger partial charge in [-0.15, -0.1) is 11.3 Å². The highest BCUT2D eigenvalue weighted by Crippen LogP contribution is 2.27. The first-order valence-corrected chi connectivity index (χ1v) is 9.73. The highest BCUT2D eigenvalue weighted by Gasteiger charge is 2.49. The minimum Gasteiger partial charge on any atom is -0.339 e. The number of carbonyl (C=O) groups is 3. The van der Waals surface area contributed by atoms with Crippen molar-refractivity contribution in [3.05, 3.63) is 59.3 Å². The Morgan fingerprint density at radius 1 is 1.24 bits per heavy atom. The molecule has 4 rings (SSSR count). The lowest BCUT2D eigenvalue weighted by Crippen LogP contribution is -2.48. The molecule has 0 radical (unpaired) electrons. The maximum atomic E-state index is 12.8. The number of benzene rings is 1. The third-order valence-corrected chi connectivity index (χ3v) is 5.42. The second kappa shape index (κ2) is 7.47. The SMILES string of the molecule is C[C@]1(c2ccccc2)NC(=O)N(NC(=O)CCc2nc(-c3cccs3)no2)C1=O. The summed E-state index contributed by atoms with van der Waals surface area (Å²) in [5, 5.41) is 9.12. The van der Waals surface area contributed by atoms with Crippen LogP contribution in [0.2, 0.25) is 0 Å². The molecule has 3 aromatic rings. The summed E-state index contributed by atoms with van der Waals surface area (Å²) in [5.74, 6) is -0.306. The van der Waals surface area contributed by atoms with E-state index in [1.807, 2.05) is 23.6 Å². The Labute approximate surface area is 169 Å². The topological polar surface area (TPSA) is 117 Å². The Hall–Kier alpha value is -3.53. The van der Waals surface area contributed by atoms with Gasteiger partial charge < -0.3 is 9.84 Å². The van der Waals surface area contributed by atoms with Gasteiger partial charge in [-0.1, -0.05) is 41.6 Å². The normalized spacial score (nSPS) is 18.7. The highest BCUT2D eigenvalue weighted by atomic mass is 32.1. The number of hydrogen-bond acceptors (Lipinski definition) is 7. The van der Waals surface area contributed by atoms with Crippen LogP contribution in [0.5, 0.6) is 0 Å². The van der Waals surface area contributed by atoms with Crippen molar-refractivity contribution in [3.8, 4) is 10.7 Å². The number of aromatic nitrogens is 2. The van der Waals surface area contributed by atoms with Crippen LogP contribution in [0.1, 0.15) is 24.8 Å². The fourth-order valence-electron chi connectivity index (χ4n) is 2.97. The quantitative estimate of drug-likeness (QED) is 0.601. The smallest absolute Gasteiger partial charge is 0.339 e. The van der Waals surface area contributed by atoms with E-state index < -0.39 is 23.4 Å². The third-order valence-electron chi connectivity index (χ3n) is 4.55. The molecular weight excluding hydrogens is 394 g/mol. The average molecular weight is 411 g/mol. The predicted molar refractivity (Wildman–Crippen MR) is 103 cm³/mol. The summed E-state index contributed by atoms with van der Waals surface area (Å²) in [7, 11) is 0. The lowest BCUT2D eigenvalue weighted by molar-refractivity contribution is -0.139. The van der Waals surface area contributed by atoms with Gasteiger partial charge in [0.2, 0.25) is 17.6 Å². The maximum Gasteiger partial charge on any atom is 0.344 e. The zero-order valence-electron chi connectivity index (χ0n) is 15.4. The van der Waals surface area contributed by atoms with E-state index >= 15 is 0 Å². The Bertz CT molecular complexity index is 1050. The monoisotopic (exact) mass is 411 g/mol. The molecule has 0 saturated carbocycles. The van der Waals surface area contributed by atoms with Crippen molar-refractivity contribution in [2.24, 2.45) is 0 Å². The van der Waals surface area contributed by atoms with Gasteiger partial charge in [0.25, 0.3) is 5.91 Å². The molecule has 148 valence electrons. The van der Waals surface area contributed by atoms with E-state index in [-0.39, 0.29) is 12.8 Å². The number of nitrogens with zero attached hydrogens (tertiary/aromatic N) is 3. The molecule has 0 unspecified atom stereocenters. The highest BCUT2D eigenvalue weighted by molar-refractivity contribution is 7.13. The van der Waals surface area contributed by atoms with Gasteiger partial charge >= 0.3 is 6.03 Å².